The molecule has 0 radical (unpaired) electrons. The summed E-state index contributed by atoms with van der Waals surface area (Å²) in [7, 11) is 1.99. The summed E-state index contributed by atoms with van der Waals surface area (Å²) in [6.07, 6.45) is 3.72. The molecule has 1 fully saturated rings. The van der Waals surface area contributed by atoms with E-state index in [1.807, 2.05) is 7.05 Å². The fourth-order valence-electron chi connectivity index (χ4n) is 1.81. The summed E-state index contributed by atoms with van der Waals surface area (Å²) in [6.45, 7) is 1.91. The third-order valence-electron chi connectivity index (χ3n) is 2.71. The Morgan fingerprint density at radius 2 is 2.36 bits per heavy atom. The number of nitrogens with zero attached hydrogens (tertiary/aromatic N) is 1. The first-order valence-corrected chi connectivity index (χ1v) is 5.34. The van der Waals surface area contributed by atoms with E-state index in [4.69, 9.17) is 5.11 Å². The van der Waals surface area contributed by atoms with E-state index in [-0.39, 0.29) is 18.6 Å². The highest BCUT2D eigenvalue weighted by atomic mass is 16.2. The summed E-state index contributed by atoms with van der Waals surface area (Å²) >= 11 is 0. The molecule has 4 nitrogen and oxygen atoms in total. The zero-order valence-electron chi connectivity index (χ0n) is 8.83. The van der Waals surface area contributed by atoms with Gasteiger partial charge < -0.3 is 10.4 Å². The largest absolute Gasteiger partial charge is 0.396 e. The number of aliphatic hydroxyl groups excluding tert-OH is 1. The van der Waals surface area contributed by atoms with Gasteiger partial charge in [0.25, 0.3) is 0 Å². The van der Waals surface area contributed by atoms with Crippen molar-refractivity contribution in [2.75, 3.05) is 26.7 Å². The van der Waals surface area contributed by atoms with Gasteiger partial charge in [-0.2, -0.15) is 0 Å². The predicted octanol–water partition coefficient (Wildman–Crippen LogP) is -0.0307. The monoisotopic (exact) mass is 200 g/mol. The van der Waals surface area contributed by atoms with Crippen LogP contribution in [0, 0.1) is 0 Å². The number of unbranched alkanes of at least 4 members (excludes halogenated alkanes) is 1. The molecule has 0 aromatic rings. The van der Waals surface area contributed by atoms with Crippen LogP contribution in [-0.4, -0.2) is 48.7 Å². The third-order valence-corrected chi connectivity index (χ3v) is 2.71. The van der Waals surface area contributed by atoms with Gasteiger partial charge >= 0.3 is 0 Å². The number of hydrogen-bond acceptors (Lipinski definition) is 3. The van der Waals surface area contributed by atoms with Gasteiger partial charge in [-0.25, -0.2) is 0 Å². The van der Waals surface area contributed by atoms with Crippen LogP contribution >= 0.6 is 0 Å². The lowest BCUT2D eigenvalue weighted by Crippen LogP contribution is -2.41. The summed E-state index contributed by atoms with van der Waals surface area (Å²) in [5.41, 5.74) is 0. The van der Waals surface area contributed by atoms with Gasteiger partial charge in [0.2, 0.25) is 5.91 Å². The third kappa shape index (κ3) is 3.27. The number of likely N-dealkylation sites (tertiary alicyclic amines) is 1. The van der Waals surface area contributed by atoms with E-state index >= 15 is 0 Å². The van der Waals surface area contributed by atoms with Crippen molar-refractivity contribution in [3.63, 3.8) is 0 Å². The summed E-state index contributed by atoms with van der Waals surface area (Å²) < 4.78 is 0. The molecule has 1 saturated heterocycles. The average molecular weight is 200 g/mol. The second-order valence-electron chi connectivity index (χ2n) is 3.86. The van der Waals surface area contributed by atoms with E-state index in [2.05, 4.69) is 10.2 Å². The Morgan fingerprint density at radius 3 is 2.93 bits per heavy atom. The van der Waals surface area contributed by atoms with Crippen LogP contribution in [0.1, 0.15) is 25.7 Å². The highest BCUT2D eigenvalue weighted by Gasteiger charge is 2.26. The fourth-order valence-corrected chi connectivity index (χ4v) is 1.81. The molecule has 4 heteroatoms. The minimum Gasteiger partial charge on any atom is -0.396 e. The Balaban J connectivity index is 2.14. The van der Waals surface area contributed by atoms with Crippen LogP contribution in [0.15, 0.2) is 0 Å². The van der Waals surface area contributed by atoms with Gasteiger partial charge in [0.05, 0.1) is 6.04 Å². The molecule has 1 heterocycles. The maximum absolute atomic E-state index is 11.6. The van der Waals surface area contributed by atoms with Gasteiger partial charge in [0.15, 0.2) is 0 Å². The van der Waals surface area contributed by atoms with Crippen LogP contribution < -0.4 is 5.32 Å². The maximum Gasteiger partial charge on any atom is 0.237 e. The Morgan fingerprint density at radius 1 is 1.57 bits per heavy atom. The maximum atomic E-state index is 11.6. The van der Waals surface area contributed by atoms with Crippen LogP contribution in [0.4, 0.5) is 0 Å². The van der Waals surface area contributed by atoms with Gasteiger partial charge in [0, 0.05) is 13.2 Å². The van der Waals surface area contributed by atoms with Crippen molar-refractivity contribution in [2.45, 2.75) is 31.7 Å². The SMILES string of the molecule is CN1CCC[C@H]1C(=O)NCCCCO. The highest BCUT2D eigenvalue weighted by molar-refractivity contribution is 5.81. The lowest BCUT2D eigenvalue weighted by atomic mass is 10.2. The summed E-state index contributed by atoms with van der Waals surface area (Å²) in [6, 6.07) is 0.0733. The predicted molar refractivity (Wildman–Crippen MR) is 55.0 cm³/mol. The van der Waals surface area contributed by atoms with Crippen molar-refractivity contribution in [2.24, 2.45) is 0 Å². The second-order valence-corrected chi connectivity index (χ2v) is 3.86. The van der Waals surface area contributed by atoms with Crippen LogP contribution in [0.2, 0.25) is 0 Å². The van der Waals surface area contributed by atoms with Crippen molar-refractivity contribution in [3.8, 4) is 0 Å². The summed E-state index contributed by atoms with van der Waals surface area (Å²) in [4.78, 5) is 13.7. The molecule has 82 valence electrons. The Bertz CT molecular complexity index is 185. The minimum absolute atomic E-state index is 0.0733. The highest BCUT2D eigenvalue weighted by Crippen LogP contribution is 2.14. The molecule has 1 rings (SSSR count). The van der Waals surface area contributed by atoms with E-state index in [9.17, 15) is 4.79 Å². The smallest absolute Gasteiger partial charge is 0.237 e. The molecule has 0 unspecified atom stereocenters. The Labute approximate surface area is 85.3 Å². The first-order chi connectivity index (χ1) is 6.75. The van der Waals surface area contributed by atoms with Gasteiger partial charge in [-0.15, -0.1) is 0 Å². The molecule has 1 aliphatic heterocycles. The second kappa shape index (κ2) is 5.98. The summed E-state index contributed by atoms with van der Waals surface area (Å²) in [5, 5.41) is 11.5. The molecule has 0 saturated carbocycles. The van der Waals surface area contributed by atoms with Crippen molar-refractivity contribution >= 4 is 5.91 Å². The van der Waals surface area contributed by atoms with Gasteiger partial charge in [0.1, 0.15) is 0 Å². The quantitative estimate of drug-likeness (QED) is 0.613. The molecule has 0 aromatic carbocycles. The van der Waals surface area contributed by atoms with Crippen LogP contribution in [0.5, 0.6) is 0 Å². The number of aliphatic hydroxyl groups is 1. The first-order valence-electron chi connectivity index (χ1n) is 5.34. The van der Waals surface area contributed by atoms with Crippen molar-refractivity contribution in [1.82, 2.24) is 10.2 Å². The molecule has 2 N–H and O–H groups in total. The number of rotatable bonds is 5. The van der Waals surface area contributed by atoms with Crippen LogP contribution in [0.3, 0.4) is 0 Å². The van der Waals surface area contributed by atoms with Gasteiger partial charge in [-0.1, -0.05) is 0 Å². The van der Waals surface area contributed by atoms with E-state index in [0.717, 1.165) is 32.2 Å². The number of carbonyl (C=O) groups is 1. The minimum atomic E-state index is 0.0733. The molecule has 1 amide bonds. The first kappa shape index (κ1) is 11.5. The Kier molecular flexibility index (Phi) is 4.90. The average Bonchev–Trinajstić information content (AvgIpc) is 2.59. The number of nitrogens with one attached hydrogen (secondary N) is 1. The number of carbonyl (C=O) groups excluding carboxylic acids is 1. The lowest BCUT2D eigenvalue weighted by Gasteiger charge is -2.18. The number of hydrogen-bond donors (Lipinski definition) is 2. The summed E-state index contributed by atoms with van der Waals surface area (Å²) in [5.74, 6) is 0.142. The normalized spacial score (nSPS) is 22.6. The van der Waals surface area contributed by atoms with Gasteiger partial charge in [-0.3, -0.25) is 9.69 Å². The van der Waals surface area contributed by atoms with E-state index in [1.54, 1.807) is 0 Å². The molecule has 1 aliphatic rings. The molecule has 0 bridgehead atoms. The molecular formula is C10H20N2O2. The molecule has 1 atom stereocenters. The van der Waals surface area contributed by atoms with Crippen molar-refractivity contribution < 1.29 is 9.90 Å². The zero-order chi connectivity index (χ0) is 10.4. The van der Waals surface area contributed by atoms with Crippen molar-refractivity contribution in [1.29, 1.82) is 0 Å². The molecule has 0 aromatic heterocycles. The molecular weight excluding hydrogens is 180 g/mol. The standard InChI is InChI=1S/C10H20N2O2/c1-12-7-4-5-9(12)10(14)11-6-2-3-8-13/h9,13H,2-8H2,1H3,(H,11,14)/t9-/m0/s1. The molecule has 14 heavy (non-hydrogen) atoms. The Hall–Kier alpha value is -0.610. The van der Waals surface area contributed by atoms with E-state index in [1.165, 1.54) is 0 Å². The zero-order valence-corrected chi connectivity index (χ0v) is 8.83. The molecule has 0 spiro atoms. The fraction of sp³-hybridized carbons (Fsp3) is 0.900. The number of likely N-dealkylation sites (N-methyl/N-ethyl adjacent to an activating group) is 1. The van der Waals surface area contributed by atoms with Gasteiger partial charge in [-0.05, 0) is 39.3 Å². The van der Waals surface area contributed by atoms with Crippen LogP contribution in [-0.2, 0) is 4.79 Å². The van der Waals surface area contributed by atoms with E-state index in [0.29, 0.717) is 6.54 Å². The van der Waals surface area contributed by atoms with Crippen molar-refractivity contribution in [3.05, 3.63) is 0 Å². The number of amides is 1. The lowest BCUT2D eigenvalue weighted by molar-refractivity contribution is -0.125. The molecule has 0 aliphatic carbocycles. The van der Waals surface area contributed by atoms with Crippen LogP contribution in [0.25, 0.3) is 0 Å². The topological polar surface area (TPSA) is 52.6 Å². The van der Waals surface area contributed by atoms with E-state index < -0.39 is 0 Å².